The third kappa shape index (κ3) is 4.14. The number of hydroxylamine groups is 1. The van der Waals surface area contributed by atoms with Crippen LogP contribution >= 0.6 is 11.8 Å². The maximum absolute atomic E-state index is 13.2. The summed E-state index contributed by atoms with van der Waals surface area (Å²) in [5.74, 6) is 0.628. The molecule has 2 aromatic rings. The number of amides is 1. The number of sulfonamides is 1. The van der Waals surface area contributed by atoms with Gasteiger partial charge in [-0.15, -0.1) is 0 Å². The Hall–Kier alpha value is -2.14. The number of hydrogen-bond acceptors (Lipinski definition) is 7. The zero-order chi connectivity index (χ0) is 20.4. The number of nitrogens with zero attached hydrogens (tertiary/aromatic N) is 2. The second-order valence-electron chi connectivity index (χ2n) is 6.69. The average molecular weight is 424 g/mol. The molecule has 1 saturated heterocycles. The van der Waals surface area contributed by atoms with Gasteiger partial charge in [-0.2, -0.15) is 16.1 Å². The van der Waals surface area contributed by atoms with Crippen molar-refractivity contribution in [1.29, 1.82) is 0 Å². The van der Waals surface area contributed by atoms with Gasteiger partial charge in [-0.05, 0) is 44.2 Å². The summed E-state index contributed by atoms with van der Waals surface area (Å²) in [6.07, 6.45) is 1.59. The number of carbonyl (C=O) groups excluding carboxylic acids is 1. The van der Waals surface area contributed by atoms with Crippen LogP contribution in [0.3, 0.4) is 0 Å². The van der Waals surface area contributed by atoms with Crippen LogP contribution in [0.25, 0.3) is 0 Å². The van der Waals surface area contributed by atoms with E-state index < -0.39 is 26.7 Å². The molecule has 0 spiro atoms. The molecular formula is C18H21N3O5S2. The van der Waals surface area contributed by atoms with Crippen LogP contribution in [-0.4, -0.2) is 51.9 Å². The largest absolute Gasteiger partial charge is 0.439 e. The molecule has 28 heavy (non-hydrogen) atoms. The maximum Gasteiger partial charge on any atom is 0.263 e. The minimum Gasteiger partial charge on any atom is -0.439 e. The third-order valence-electron chi connectivity index (χ3n) is 4.38. The third-order valence-corrected chi connectivity index (χ3v) is 7.61. The monoisotopic (exact) mass is 423 g/mol. The average Bonchev–Trinajstić information content (AvgIpc) is 2.68. The van der Waals surface area contributed by atoms with Crippen LogP contribution in [0.5, 0.6) is 11.6 Å². The van der Waals surface area contributed by atoms with Crippen molar-refractivity contribution in [2.24, 2.45) is 0 Å². The molecule has 1 aliphatic rings. The van der Waals surface area contributed by atoms with Gasteiger partial charge >= 0.3 is 0 Å². The molecule has 0 aliphatic carbocycles. The topological polar surface area (TPSA) is 109 Å². The van der Waals surface area contributed by atoms with Gasteiger partial charge in [0.25, 0.3) is 5.91 Å². The van der Waals surface area contributed by atoms with Crippen LogP contribution in [0, 0.1) is 0 Å². The van der Waals surface area contributed by atoms with Gasteiger partial charge in [0.2, 0.25) is 15.9 Å². The Labute approximate surface area is 167 Å². The number of hydrogen-bond donors (Lipinski definition) is 2. The maximum atomic E-state index is 13.2. The lowest BCUT2D eigenvalue weighted by molar-refractivity contribution is -0.134. The number of aromatic nitrogens is 1. The fourth-order valence-corrected chi connectivity index (χ4v) is 6.17. The van der Waals surface area contributed by atoms with Gasteiger partial charge < -0.3 is 4.74 Å². The Morgan fingerprint density at radius 2 is 2.00 bits per heavy atom. The van der Waals surface area contributed by atoms with E-state index in [1.54, 1.807) is 43.7 Å². The molecule has 2 heterocycles. The zero-order valence-electron chi connectivity index (χ0n) is 15.4. The number of ether oxygens (including phenoxy) is 1. The molecule has 2 N–H and O–H groups in total. The molecule has 1 amide bonds. The molecule has 1 atom stereocenters. The van der Waals surface area contributed by atoms with Gasteiger partial charge in [0.05, 0.1) is 4.90 Å². The van der Waals surface area contributed by atoms with Crippen molar-refractivity contribution in [3.8, 4) is 11.6 Å². The van der Waals surface area contributed by atoms with E-state index in [0.29, 0.717) is 17.4 Å². The van der Waals surface area contributed by atoms with Crippen molar-refractivity contribution in [3.63, 3.8) is 0 Å². The molecule has 1 aromatic carbocycles. The van der Waals surface area contributed by atoms with Gasteiger partial charge in [0.1, 0.15) is 11.8 Å². The van der Waals surface area contributed by atoms with Crippen molar-refractivity contribution in [1.82, 2.24) is 14.8 Å². The summed E-state index contributed by atoms with van der Waals surface area (Å²) in [6.45, 7) is 3.73. The van der Waals surface area contributed by atoms with Gasteiger partial charge in [-0.25, -0.2) is 18.9 Å². The van der Waals surface area contributed by atoms with Gasteiger partial charge in [0.15, 0.2) is 0 Å². The Morgan fingerprint density at radius 1 is 1.29 bits per heavy atom. The Bertz CT molecular complexity index is 933. The lowest BCUT2D eigenvalue weighted by Gasteiger charge is -2.43. The molecular weight excluding hydrogens is 402 g/mol. The predicted molar refractivity (Wildman–Crippen MR) is 105 cm³/mol. The predicted octanol–water partition coefficient (Wildman–Crippen LogP) is 2.26. The minimum atomic E-state index is -3.95. The van der Waals surface area contributed by atoms with E-state index in [-0.39, 0.29) is 11.4 Å². The summed E-state index contributed by atoms with van der Waals surface area (Å²) in [5.41, 5.74) is 1.59. The molecule has 1 aromatic heterocycles. The van der Waals surface area contributed by atoms with Crippen molar-refractivity contribution in [3.05, 3.63) is 48.7 Å². The van der Waals surface area contributed by atoms with Crippen LogP contribution in [0.2, 0.25) is 0 Å². The second-order valence-corrected chi connectivity index (χ2v) is 10.3. The lowest BCUT2D eigenvalue weighted by Crippen LogP contribution is -2.61. The first kappa shape index (κ1) is 20.6. The molecule has 3 rings (SSSR count). The highest BCUT2D eigenvalue weighted by atomic mass is 32.2. The van der Waals surface area contributed by atoms with Gasteiger partial charge in [-0.3, -0.25) is 10.0 Å². The number of pyridine rings is 1. The van der Waals surface area contributed by atoms with Crippen molar-refractivity contribution in [2.45, 2.75) is 29.5 Å². The summed E-state index contributed by atoms with van der Waals surface area (Å²) in [7, 11) is -3.95. The fourth-order valence-electron chi connectivity index (χ4n) is 3.06. The van der Waals surface area contributed by atoms with Crippen molar-refractivity contribution >= 4 is 27.7 Å². The smallest absolute Gasteiger partial charge is 0.263 e. The Morgan fingerprint density at radius 3 is 2.61 bits per heavy atom. The summed E-state index contributed by atoms with van der Waals surface area (Å²) < 4.78 is 32.4. The SMILES string of the molecule is CC1(C)SCCN(S(=O)(=O)c2ccc(Oc3ccccn3)cc2)[C@H]1C(=O)NO. The van der Waals surface area contributed by atoms with Gasteiger partial charge in [-0.1, -0.05) is 6.07 Å². The van der Waals surface area contributed by atoms with E-state index in [2.05, 4.69) is 4.98 Å². The van der Waals surface area contributed by atoms with Gasteiger partial charge in [0, 0.05) is 29.3 Å². The molecule has 0 saturated carbocycles. The van der Waals surface area contributed by atoms with E-state index in [0.717, 1.165) is 4.31 Å². The summed E-state index contributed by atoms with van der Waals surface area (Å²) in [5, 5.41) is 9.10. The molecule has 0 radical (unpaired) electrons. The normalized spacial score (nSPS) is 19.8. The molecule has 1 fully saturated rings. The standard InChI is InChI=1S/C18H21N3O5S2/c1-18(2)16(17(22)20-23)21(11-12-27-18)28(24,25)14-8-6-13(7-9-14)26-15-5-3-4-10-19-15/h3-10,16,23H,11-12H2,1-2H3,(H,20,22)/t16-/m0/s1. The number of rotatable bonds is 5. The highest BCUT2D eigenvalue weighted by Gasteiger charge is 2.48. The summed E-state index contributed by atoms with van der Waals surface area (Å²) >= 11 is 1.49. The van der Waals surface area contributed by atoms with Crippen LogP contribution < -0.4 is 10.2 Å². The molecule has 150 valence electrons. The Balaban J connectivity index is 1.87. The molecule has 0 bridgehead atoms. The number of nitrogens with one attached hydrogen (secondary N) is 1. The molecule has 8 nitrogen and oxygen atoms in total. The first-order chi connectivity index (χ1) is 13.3. The fraction of sp³-hybridized carbons (Fsp3) is 0.333. The van der Waals surface area contributed by atoms with E-state index in [1.165, 1.54) is 36.0 Å². The number of benzene rings is 1. The quantitative estimate of drug-likeness (QED) is 0.561. The van der Waals surface area contributed by atoms with Crippen molar-refractivity contribution < 1.29 is 23.2 Å². The van der Waals surface area contributed by atoms with E-state index in [9.17, 15) is 13.2 Å². The first-order valence-electron chi connectivity index (χ1n) is 8.54. The van der Waals surface area contributed by atoms with Crippen LogP contribution in [0.1, 0.15) is 13.8 Å². The molecule has 10 heteroatoms. The van der Waals surface area contributed by atoms with Crippen LogP contribution in [0.15, 0.2) is 53.6 Å². The highest BCUT2D eigenvalue weighted by Crippen LogP contribution is 2.38. The first-order valence-corrected chi connectivity index (χ1v) is 11.0. The van der Waals surface area contributed by atoms with E-state index in [1.807, 2.05) is 0 Å². The lowest BCUT2D eigenvalue weighted by atomic mass is 10.0. The minimum absolute atomic E-state index is 0.0410. The summed E-state index contributed by atoms with van der Waals surface area (Å²) in [4.78, 5) is 16.3. The molecule has 0 unspecified atom stereocenters. The van der Waals surface area contributed by atoms with E-state index >= 15 is 0 Å². The Kier molecular flexibility index (Phi) is 5.94. The number of thioether (sulfide) groups is 1. The second kappa shape index (κ2) is 8.08. The van der Waals surface area contributed by atoms with Crippen LogP contribution in [0.4, 0.5) is 0 Å². The summed E-state index contributed by atoms with van der Waals surface area (Å²) in [6, 6.07) is 10.1. The molecule has 1 aliphatic heterocycles. The van der Waals surface area contributed by atoms with Crippen molar-refractivity contribution in [2.75, 3.05) is 12.3 Å². The highest BCUT2D eigenvalue weighted by molar-refractivity contribution is 8.00. The van der Waals surface area contributed by atoms with Crippen LogP contribution in [-0.2, 0) is 14.8 Å². The number of carbonyl (C=O) groups is 1. The zero-order valence-corrected chi connectivity index (χ0v) is 17.0. The van der Waals surface area contributed by atoms with E-state index in [4.69, 9.17) is 9.94 Å².